The molecule has 0 aliphatic carbocycles. The number of rotatable bonds is 1. The highest BCUT2D eigenvalue weighted by atomic mass is 35.5. The van der Waals surface area contributed by atoms with Crippen molar-refractivity contribution in [3.63, 3.8) is 0 Å². The average Bonchev–Trinajstić information content (AvgIpc) is 2.45. The minimum Gasteiger partial charge on any atom is -0.337 e. The predicted octanol–water partition coefficient (Wildman–Crippen LogP) is 3.00. The van der Waals surface area contributed by atoms with Gasteiger partial charge in [0.25, 0.3) is 0 Å². The first kappa shape index (κ1) is 13.7. The molecule has 1 aromatic carbocycles. The van der Waals surface area contributed by atoms with E-state index in [9.17, 15) is 4.79 Å². The van der Waals surface area contributed by atoms with Crippen molar-refractivity contribution in [3.05, 3.63) is 33.8 Å². The first-order valence-corrected chi connectivity index (χ1v) is 6.73. The van der Waals surface area contributed by atoms with Gasteiger partial charge in [0.2, 0.25) is 5.91 Å². The van der Waals surface area contributed by atoms with Crippen molar-refractivity contribution >= 4 is 29.1 Å². The summed E-state index contributed by atoms with van der Waals surface area (Å²) in [5, 5.41) is 0.979. The van der Waals surface area contributed by atoms with Crippen LogP contribution in [0.5, 0.6) is 0 Å². The van der Waals surface area contributed by atoms with Gasteiger partial charge in [0, 0.05) is 19.5 Å². The lowest BCUT2D eigenvalue weighted by Gasteiger charge is -2.31. The number of nitrogens with zero attached hydrogens (tertiary/aromatic N) is 1. The molecule has 2 rings (SSSR count). The summed E-state index contributed by atoms with van der Waals surface area (Å²) in [6.07, 6.45) is 2.17. The molecule has 1 amide bonds. The molecular weight excluding hydrogens is 271 g/mol. The van der Waals surface area contributed by atoms with Crippen LogP contribution in [0.3, 0.4) is 0 Å². The lowest BCUT2D eigenvalue weighted by Crippen LogP contribution is -2.39. The minimum atomic E-state index is -0.203. The standard InChI is InChI=1S/C13H16Cl2N2O/c1-17-11(18)7-3-6-10(16)13(17)8-4-2-5-9(14)12(8)15/h2,4-5,10,13H,3,6-7,16H2,1H3. The van der Waals surface area contributed by atoms with Crippen LogP contribution in [0.15, 0.2) is 18.2 Å². The second kappa shape index (κ2) is 5.47. The number of benzene rings is 1. The maximum absolute atomic E-state index is 11.9. The number of hydrogen-bond acceptors (Lipinski definition) is 2. The third-order valence-corrected chi connectivity index (χ3v) is 4.28. The van der Waals surface area contributed by atoms with E-state index in [1.165, 1.54) is 0 Å². The van der Waals surface area contributed by atoms with Gasteiger partial charge in [-0.1, -0.05) is 35.3 Å². The largest absolute Gasteiger partial charge is 0.337 e. The summed E-state index contributed by atoms with van der Waals surface area (Å²) in [6.45, 7) is 0. The van der Waals surface area contributed by atoms with Crippen LogP contribution in [-0.4, -0.2) is 23.9 Å². The van der Waals surface area contributed by atoms with Gasteiger partial charge < -0.3 is 10.6 Å². The Bertz CT molecular complexity index is 464. The normalized spacial score (nSPS) is 25.1. The fourth-order valence-electron chi connectivity index (χ4n) is 2.45. The first-order chi connectivity index (χ1) is 8.52. The zero-order valence-corrected chi connectivity index (χ0v) is 11.7. The van der Waals surface area contributed by atoms with Crippen LogP contribution in [0.1, 0.15) is 30.9 Å². The molecule has 2 atom stereocenters. The second-order valence-electron chi connectivity index (χ2n) is 4.65. The number of amides is 1. The topological polar surface area (TPSA) is 46.3 Å². The number of carbonyl (C=O) groups is 1. The van der Waals surface area contributed by atoms with E-state index in [0.717, 1.165) is 18.4 Å². The van der Waals surface area contributed by atoms with E-state index in [4.69, 9.17) is 28.9 Å². The summed E-state index contributed by atoms with van der Waals surface area (Å²) >= 11 is 12.3. The van der Waals surface area contributed by atoms with Crippen molar-refractivity contribution in [2.45, 2.75) is 31.3 Å². The second-order valence-corrected chi connectivity index (χ2v) is 5.43. The zero-order chi connectivity index (χ0) is 13.3. The van der Waals surface area contributed by atoms with Crippen molar-refractivity contribution < 1.29 is 4.79 Å². The van der Waals surface area contributed by atoms with Crippen LogP contribution in [-0.2, 0) is 4.79 Å². The van der Waals surface area contributed by atoms with Crippen molar-refractivity contribution in [2.75, 3.05) is 7.05 Å². The van der Waals surface area contributed by atoms with E-state index in [1.54, 1.807) is 18.0 Å². The smallest absolute Gasteiger partial charge is 0.222 e. The van der Waals surface area contributed by atoms with Gasteiger partial charge in [0.1, 0.15) is 0 Å². The number of hydrogen-bond donors (Lipinski definition) is 1. The molecule has 5 heteroatoms. The SMILES string of the molecule is CN1C(=O)CCCC(N)C1c1cccc(Cl)c1Cl. The van der Waals surface area contributed by atoms with Gasteiger partial charge in [-0.3, -0.25) is 4.79 Å². The molecule has 0 radical (unpaired) electrons. The van der Waals surface area contributed by atoms with E-state index >= 15 is 0 Å². The predicted molar refractivity (Wildman–Crippen MR) is 73.8 cm³/mol. The van der Waals surface area contributed by atoms with E-state index in [1.807, 2.05) is 12.1 Å². The molecule has 1 fully saturated rings. The summed E-state index contributed by atoms with van der Waals surface area (Å²) in [5.41, 5.74) is 7.02. The highest BCUT2D eigenvalue weighted by Gasteiger charge is 2.31. The molecule has 1 heterocycles. The van der Waals surface area contributed by atoms with Crippen LogP contribution in [0.25, 0.3) is 0 Å². The summed E-state index contributed by atoms with van der Waals surface area (Å²) in [4.78, 5) is 13.6. The molecule has 1 aliphatic heterocycles. The maximum Gasteiger partial charge on any atom is 0.222 e. The molecule has 0 spiro atoms. The molecule has 0 bridgehead atoms. The van der Waals surface area contributed by atoms with Gasteiger partial charge in [-0.15, -0.1) is 0 Å². The molecule has 1 saturated heterocycles. The molecule has 2 N–H and O–H groups in total. The first-order valence-electron chi connectivity index (χ1n) is 5.97. The fraction of sp³-hybridized carbons (Fsp3) is 0.462. The van der Waals surface area contributed by atoms with Crippen molar-refractivity contribution in [3.8, 4) is 0 Å². The van der Waals surface area contributed by atoms with Gasteiger partial charge in [-0.25, -0.2) is 0 Å². The number of carbonyl (C=O) groups excluding carboxylic acids is 1. The molecule has 18 heavy (non-hydrogen) atoms. The molecule has 98 valence electrons. The van der Waals surface area contributed by atoms with Crippen molar-refractivity contribution in [1.29, 1.82) is 0 Å². The van der Waals surface area contributed by atoms with Crippen LogP contribution in [0.4, 0.5) is 0 Å². The summed E-state index contributed by atoms with van der Waals surface area (Å²) in [6, 6.07) is 5.13. The zero-order valence-electron chi connectivity index (χ0n) is 10.2. The quantitative estimate of drug-likeness (QED) is 0.863. The fourth-order valence-corrected chi connectivity index (χ4v) is 2.87. The lowest BCUT2D eigenvalue weighted by atomic mass is 9.96. The number of likely N-dealkylation sites (N-methyl/N-ethyl adjacent to an activating group) is 1. The van der Waals surface area contributed by atoms with Crippen LogP contribution >= 0.6 is 23.2 Å². The Labute approximate surface area is 117 Å². The third-order valence-electron chi connectivity index (χ3n) is 3.44. The Morgan fingerprint density at radius 1 is 1.39 bits per heavy atom. The van der Waals surface area contributed by atoms with Crippen LogP contribution in [0, 0.1) is 0 Å². The van der Waals surface area contributed by atoms with Gasteiger partial charge in [0.05, 0.1) is 16.1 Å². The molecule has 3 nitrogen and oxygen atoms in total. The molecule has 1 aliphatic rings. The Hall–Kier alpha value is -0.770. The highest BCUT2D eigenvalue weighted by molar-refractivity contribution is 6.42. The maximum atomic E-state index is 11.9. The average molecular weight is 287 g/mol. The van der Waals surface area contributed by atoms with Crippen LogP contribution < -0.4 is 5.73 Å². The Morgan fingerprint density at radius 2 is 2.11 bits per heavy atom. The number of halogens is 2. The van der Waals surface area contributed by atoms with Gasteiger partial charge in [-0.05, 0) is 24.5 Å². The molecule has 1 aromatic rings. The van der Waals surface area contributed by atoms with E-state index in [2.05, 4.69) is 0 Å². The third kappa shape index (κ3) is 2.48. The van der Waals surface area contributed by atoms with E-state index in [0.29, 0.717) is 16.5 Å². The molecular formula is C13H16Cl2N2O. The summed E-state index contributed by atoms with van der Waals surface area (Å²) in [7, 11) is 1.77. The van der Waals surface area contributed by atoms with Crippen molar-refractivity contribution in [1.82, 2.24) is 4.90 Å². The Balaban J connectivity index is 2.45. The monoisotopic (exact) mass is 286 g/mol. The van der Waals surface area contributed by atoms with Crippen LogP contribution in [0.2, 0.25) is 10.0 Å². The Kier molecular flexibility index (Phi) is 4.15. The number of likely N-dealkylation sites (tertiary alicyclic amines) is 1. The van der Waals surface area contributed by atoms with E-state index in [-0.39, 0.29) is 18.0 Å². The number of nitrogens with two attached hydrogens (primary N) is 1. The lowest BCUT2D eigenvalue weighted by molar-refractivity contribution is -0.131. The van der Waals surface area contributed by atoms with E-state index < -0.39 is 0 Å². The van der Waals surface area contributed by atoms with Gasteiger partial charge >= 0.3 is 0 Å². The molecule has 2 unspecified atom stereocenters. The van der Waals surface area contributed by atoms with Gasteiger partial charge in [-0.2, -0.15) is 0 Å². The van der Waals surface area contributed by atoms with Crippen molar-refractivity contribution in [2.24, 2.45) is 5.73 Å². The molecule has 0 aromatic heterocycles. The minimum absolute atomic E-state index is 0.101. The summed E-state index contributed by atoms with van der Waals surface area (Å²) in [5.74, 6) is 0.101. The summed E-state index contributed by atoms with van der Waals surface area (Å²) < 4.78 is 0. The molecule has 0 saturated carbocycles. The van der Waals surface area contributed by atoms with Gasteiger partial charge in [0.15, 0.2) is 0 Å². The highest BCUT2D eigenvalue weighted by Crippen LogP contribution is 2.36. The Morgan fingerprint density at radius 3 is 2.83 bits per heavy atom.